The summed E-state index contributed by atoms with van der Waals surface area (Å²) >= 11 is 1.68. The Balaban J connectivity index is 1.82. The second-order valence-corrected chi connectivity index (χ2v) is 5.97. The van der Waals surface area contributed by atoms with E-state index in [0.29, 0.717) is 0 Å². The third-order valence-corrected chi connectivity index (χ3v) is 4.61. The SMILES string of the molecule is CC(=O)N[C@@H]1CCN(c2nc3c(s2)c(C)nn3C)C1. The quantitative estimate of drug-likeness (QED) is 0.892. The van der Waals surface area contributed by atoms with Gasteiger partial charge in [-0.1, -0.05) is 11.3 Å². The van der Waals surface area contributed by atoms with Crippen LogP contribution in [0.25, 0.3) is 10.3 Å². The van der Waals surface area contributed by atoms with Crippen LogP contribution in [0.3, 0.4) is 0 Å². The van der Waals surface area contributed by atoms with Crippen molar-refractivity contribution in [2.75, 3.05) is 18.0 Å². The van der Waals surface area contributed by atoms with Crippen LogP contribution in [-0.4, -0.2) is 39.8 Å². The molecule has 1 fully saturated rings. The molecule has 1 saturated heterocycles. The van der Waals surface area contributed by atoms with Crippen molar-refractivity contribution >= 4 is 32.7 Å². The van der Waals surface area contributed by atoms with Gasteiger partial charge in [-0.25, -0.2) is 9.67 Å². The molecule has 2 aromatic rings. The van der Waals surface area contributed by atoms with E-state index in [-0.39, 0.29) is 11.9 Å². The Morgan fingerprint density at radius 3 is 3.00 bits per heavy atom. The summed E-state index contributed by atoms with van der Waals surface area (Å²) in [5.41, 5.74) is 1.97. The number of aromatic nitrogens is 3. The van der Waals surface area contributed by atoms with Gasteiger partial charge in [-0.2, -0.15) is 5.10 Å². The second-order valence-electron chi connectivity index (χ2n) is 4.99. The minimum Gasteiger partial charge on any atom is -0.352 e. The van der Waals surface area contributed by atoms with Crippen molar-refractivity contribution in [1.82, 2.24) is 20.1 Å². The molecule has 2 aromatic heterocycles. The number of rotatable bonds is 2. The average molecular weight is 279 g/mol. The topological polar surface area (TPSA) is 63.1 Å². The lowest BCUT2D eigenvalue weighted by Gasteiger charge is -2.15. The van der Waals surface area contributed by atoms with Crippen molar-refractivity contribution in [3.63, 3.8) is 0 Å². The molecule has 1 atom stereocenters. The predicted molar refractivity (Wildman–Crippen MR) is 75.6 cm³/mol. The van der Waals surface area contributed by atoms with E-state index in [0.717, 1.165) is 40.7 Å². The molecule has 0 bridgehead atoms. The Morgan fingerprint density at radius 2 is 2.32 bits per heavy atom. The predicted octanol–water partition coefficient (Wildman–Crippen LogP) is 1.05. The van der Waals surface area contributed by atoms with Crippen molar-refractivity contribution < 1.29 is 4.79 Å². The van der Waals surface area contributed by atoms with Crippen molar-refractivity contribution in [3.05, 3.63) is 5.69 Å². The molecule has 0 spiro atoms. The summed E-state index contributed by atoms with van der Waals surface area (Å²) in [6, 6.07) is 0.240. The van der Waals surface area contributed by atoms with Gasteiger partial charge in [0.05, 0.1) is 10.4 Å². The molecule has 19 heavy (non-hydrogen) atoms. The summed E-state index contributed by atoms with van der Waals surface area (Å²) in [5, 5.41) is 8.36. The monoisotopic (exact) mass is 279 g/mol. The molecule has 7 heteroatoms. The Kier molecular flexibility index (Phi) is 2.93. The maximum Gasteiger partial charge on any atom is 0.217 e. The first-order valence-electron chi connectivity index (χ1n) is 6.37. The summed E-state index contributed by atoms with van der Waals surface area (Å²) in [4.78, 5) is 18.0. The van der Waals surface area contributed by atoms with Gasteiger partial charge < -0.3 is 10.2 Å². The molecule has 102 valence electrons. The molecular formula is C12H17N5OS. The minimum absolute atomic E-state index is 0.0381. The van der Waals surface area contributed by atoms with Gasteiger partial charge in [0.25, 0.3) is 0 Å². The third kappa shape index (κ3) is 2.18. The number of hydrogen-bond acceptors (Lipinski definition) is 5. The highest BCUT2D eigenvalue weighted by atomic mass is 32.1. The van der Waals surface area contributed by atoms with E-state index in [1.54, 1.807) is 18.3 Å². The zero-order chi connectivity index (χ0) is 13.6. The van der Waals surface area contributed by atoms with Crippen LogP contribution in [0, 0.1) is 6.92 Å². The molecule has 0 unspecified atom stereocenters. The number of anilines is 1. The summed E-state index contributed by atoms with van der Waals surface area (Å²) in [7, 11) is 1.92. The van der Waals surface area contributed by atoms with E-state index in [1.807, 2.05) is 18.7 Å². The van der Waals surface area contributed by atoms with Gasteiger partial charge in [0.15, 0.2) is 10.8 Å². The Morgan fingerprint density at radius 1 is 1.53 bits per heavy atom. The third-order valence-electron chi connectivity index (χ3n) is 3.40. The summed E-state index contributed by atoms with van der Waals surface area (Å²) in [6.07, 6.45) is 0.979. The fourth-order valence-corrected chi connectivity index (χ4v) is 3.62. The van der Waals surface area contributed by atoms with Crippen molar-refractivity contribution in [2.45, 2.75) is 26.3 Å². The highest BCUT2D eigenvalue weighted by Gasteiger charge is 2.26. The Labute approximate surface area is 115 Å². The van der Waals surface area contributed by atoms with Crippen LogP contribution >= 0.6 is 11.3 Å². The van der Waals surface area contributed by atoms with Gasteiger partial charge in [0.2, 0.25) is 5.91 Å². The number of hydrogen-bond donors (Lipinski definition) is 1. The van der Waals surface area contributed by atoms with E-state index >= 15 is 0 Å². The molecular weight excluding hydrogens is 262 g/mol. The van der Waals surface area contributed by atoms with Gasteiger partial charge in [-0.05, 0) is 13.3 Å². The van der Waals surface area contributed by atoms with Crippen molar-refractivity contribution in [2.24, 2.45) is 7.05 Å². The number of nitrogens with zero attached hydrogens (tertiary/aromatic N) is 4. The summed E-state index contributed by atoms with van der Waals surface area (Å²) in [6.45, 7) is 5.35. The van der Waals surface area contributed by atoms with E-state index in [4.69, 9.17) is 0 Å². The fraction of sp³-hybridized carbons (Fsp3) is 0.583. The lowest BCUT2D eigenvalue weighted by atomic mass is 10.3. The molecule has 0 radical (unpaired) electrons. The van der Waals surface area contributed by atoms with Crippen LogP contribution in [0.5, 0.6) is 0 Å². The fourth-order valence-electron chi connectivity index (χ4n) is 2.55. The molecule has 1 amide bonds. The van der Waals surface area contributed by atoms with E-state index in [9.17, 15) is 4.79 Å². The Hall–Kier alpha value is -1.63. The van der Waals surface area contributed by atoms with Gasteiger partial charge in [0.1, 0.15) is 0 Å². The molecule has 1 aliphatic heterocycles. The first-order chi connectivity index (χ1) is 9.04. The maximum atomic E-state index is 11.1. The highest BCUT2D eigenvalue weighted by molar-refractivity contribution is 7.22. The standard InChI is InChI=1S/C12H17N5OS/c1-7-10-11(16(3)15-7)14-12(19-10)17-5-4-9(6-17)13-8(2)18/h9H,4-6H2,1-3H3,(H,13,18)/t9-/m1/s1. The van der Waals surface area contributed by atoms with Gasteiger partial charge in [-0.3, -0.25) is 4.79 Å². The number of amides is 1. The number of carbonyl (C=O) groups is 1. The van der Waals surface area contributed by atoms with Gasteiger partial charge in [0, 0.05) is 33.1 Å². The normalized spacial score (nSPS) is 19.3. The molecule has 3 rings (SSSR count). The largest absolute Gasteiger partial charge is 0.352 e. The molecule has 0 saturated carbocycles. The molecule has 3 heterocycles. The average Bonchev–Trinajstić information content (AvgIpc) is 2.97. The zero-order valence-electron chi connectivity index (χ0n) is 11.3. The molecule has 0 aliphatic carbocycles. The van der Waals surface area contributed by atoms with Gasteiger partial charge in [-0.15, -0.1) is 0 Å². The number of fused-ring (bicyclic) bond motifs is 1. The molecule has 0 aromatic carbocycles. The molecule has 6 nitrogen and oxygen atoms in total. The van der Waals surface area contributed by atoms with E-state index in [1.165, 1.54) is 0 Å². The highest BCUT2D eigenvalue weighted by Crippen LogP contribution is 2.32. The first kappa shape index (κ1) is 12.4. The van der Waals surface area contributed by atoms with E-state index in [2.05, 4.69) is 20.3 Å². The zero-order valence-corrected chi connectivity index (χ0v) is 12.1. The first-order valence-corrected chi connectivity index (χ1v) is 7.18. The van der Waals surface area contributed by atoms with Crippen LogP contribution in [-0.2, 0) is 11.8 Å². The number of carbonyl (C=O) groups excluding carboxylic acids is 1. The van der Waals surface area contributed by atoms with Crippen molar-refractivity contribution in [1.29, 1.82) is 0 Å². The smallest absolute Gasteiger partial charge is 0.217 e. The van der Waals surface area contributed by atoms with Gasteiger partial charge >= 0.3 is 0 Å². The van der Waals surface area contributed by atoms with Crippen LogP contribution in [0.2, 0.25) is 0 Å². The molecule has 1 N–H and O–H groups in total. The molecule has 1 aliphatic rings. The lowest BCUT2D eigenvalue weighted by Crippen LogP contribution is -2.35. The van der Waals surface area contributed by atoms with Crippen LogP contribution in [0.1, 0.15) is 19.0 Å². The number of nitrogens with one attached hydrogen (secondary N) is 1. The number of thiazole rings is 1. The van der Waals surface area contributed by atoms with Crippen LogP contribution in [0.15, 0.2) is 0 Å². The van der Waals surface area contributed by atoms with Crippen LogP contribution < -0.4 is 10.2 Å². The summed E-state index contributed by atoms with van der Waals surface area (Å²) < 4.78 is 2.98. The Bertz CT molecular complexity index is 597. The minimum atomic E-state index is 0.0381. The lowest BCUT2D eigenvalue weighted by molar-refractivity contribution is -0.119. The second kappa shape index (κ2) is 4.48. The summed E-state index contributed by atoms with van der Waals surface area (Å²) in [5.74, 6) is 0.0381. The van der Waals surface area contributed by atoms with Crippen molar-refractivity contribution in [3.8, 4) is 0 Å². The van der Waals surface area contributed by atoms with Crippen LogP contribution in [0.4, 0.5) is 5.13 Å². The maximum absolute atomic E-state index is 11.1. The number of aryl methyl sites for hydroxylation is 2. The van der Waals surface area contributed by atoms with E-state index < -0.39 is 0 Å².